The van der Waals surface area contributed by atoms with Gasteiger partial charge < -0.3 is 9.64 Å². The first-order valence-corrected chi connectivity index (χ1v) is 6.19. The Balaban J connectivity index is 2.19. The van der Waals surface area contributed by atoms with Gasteiger partial charge in [0, 0.05) is 25.6 Å². The summed E-state index contributed by atoms with van der Waals surface area (Å²) < 4.78 is 5.18. The normalized spacial score (nSPS) is 16.4. The average Bonchev–Trinajstić information content (AvgIpc) is 2.90. The van der Waals surface area contributed by atoms with E-state index in [9.17, 15) is 9.59 Å². The van der Waals surface area contributed by atoms with Gasteiger partial charge in [-0.05, 0) is 12.8 Å². The fraction of sp³-hybridized carbons (Fsp3) is 0.429. The maximum atomic E-state index is 12.3. The highest BCUT2D eigenvalue weighted by Crippen LogP contribution is 2.22. The molecule has 0 unspecified atom stereocenters. The van der Waals surface area contributed by atoms with Gasteiger partial charge in [-0.15, -0.1) is 0 Å². The van der Waals surface area contributed by atoms with Gasteiger partial charge in [0.2, 0.25) is 6.10 Å². The van der Waals surface area contributed by atoms with Crippen molar-refractivity contribution in [1.82, 2.24) is 4.90 Å². The van der Waals surface area contributed by atoms with Crippen molar-refractivity contribution in [1.29, 1.82) is 0 Å². The number of ether oxygens (including phenoxy) is 1. The average molecular weight is 247 g/mol. The smallest absolute Gasteiger partial charge is 0.303 e. The number of amides is 1. The molecule has 4 nitrogen and oxygen atoms in total. The van der Waals surface area contributed by atoms with Gasteiger partial charge in [-0.2, -0.15) is 0 Å². The molecular formula is C14H17NO3. The highest BCUT2D eigenvalue weighted by Gasteiger charge is 2.29. The van der Waals surface area contributed by atoms with Gasteiger partial charge in [0.1, 0.15) is 0 Å². The molecule has 1 aromatic rings. The number of rotatable bonds is 3. The molecule has 1 fully saturated rings. The van der Waals surface area contributed by atoms with E-state index in [1.165, 1.54) is 6.92 Å². The summed E-state index contributed by atoms with van der Waals surface area (Å²) in [5.41, 5.74) is 0.726. The number of carbonyl (C=O) groups excluding carboxylic acids is 2. The summed E-state index contributed by atoms with van der Waals surface area (Å²) in [6.45, 7) is 2.83. The highest BCUT2D eigenvalue weighted by atomic mass is 16.5. The van der Waals surface area contributed by atoms with Crippen LogP contribution in [0.2, 0.25) is 0 Å². The Kier molecular flexibility index (Phi) is 3.97. The van der Waals surface area contributed by atoms with Crippen LogP contribution in [0.4, 0.5) is 0 Å². The molecule has 0 radical (unpaired) electrons. The summed E-state index contributed by atoms with van der Waals surface area (Å²) in [7, 11) is 0. The first kappa shape index (κ1) is 12.6. The van der Waals surface area contributed by atoms with Crippen molar-refractivity contribution in [2.24, 2.45) is 0 Å². The van der Waals surface area contributed by atoms with Crippen LogP contribution in [0.5, 0.6) is 0 Å². The largest absolute Gasteiger partial charge is 0.447 e. The molecule has 1 aromatic carbocycles. The third-order valence-electron chi connectivity index (χ3n) is 3.03. The minimum Gasteiger partial charge on any atom is -0.447 e. The Labute approximate surface area is 107 Å². The van der Waals surface area contributed by atoms with E-state index in [2.05, 4.69) is 0 Å². The molecule has 0 N–H and O–H groups in total. The molecule has 1 amide bonds. The van der Waals surface area contributed by atoms with E-state index in [1.807, 2.05) is 30.3 Å². The Morgan fingerprint density at radius 1 is 1.17 bits per heavy atom. The Bertz CT molecular complexity index is 424. The molecule has 2 rings (SSSR count). The number of nitrogens with zero attached hydrogens (tertiary/aromatic N) is 1. The van der Waals surface area contributed by atoms with Crippen LogP contribution in [0, 0.1) is 0 Å². The zero-order valence-electron chi connectivity index (χ0n) is 10.5. The van der Waals surface area contributed by atoms with E-state index in [0.717, 1.165) is 31.5 Å². The third-order valence-corrected chi connectivity index (χ3v) is 3.03. The van der Waals surface area contributed by atoms with Crippen molar-refractivity contribution < 1.29 is 14.3 Å². The van der Waals surface area contributed by atoms with E-state index in [1.54, 1.807) is 4.90 Å². The molecule has 96 valence electrons. The van der Waals surface area contributed by atoms with E-state index < -0.39 is 12.1 Å². The van der Waals surface area contributed by atoms with Gasteiger partial charge in [-0.3, -0.25) is 9.59 Å². The molecule has 1 atom stereocenters. The fourth-order valence-corrected chi connectivity index (χ4v) is 2.16. The molecular weight excluding hydrogens is 230 g/mol. The maximum Gasteiger partial charge on any atom is 0.303 e. The number of esters is 1. The lowest BCUT2D eigenvalue weighted by molar-refractivity contribution is -0.158. The standard InChI is InChI=1S/C14H17NO3/c1-11(16)18-13(12-7-3-2-4-8-12)14(17)15-9-5-6-10-15/h2-4,7-8,13H,5-6,9-10H2,1H3/t13-/m0/s1. The van der Waals surface area contributed by atoms with Crippen LogP contribution in [0.15, 0.2) is 30.3 Å². The first-order valence-electron chi connectivity index (χ1n) is 6.19. The highest BCUT2D eigenvalue weighted by molar-refractivity contribution is 5.84. The molecule has 0 aliphatic carbocycles. The van der Waals surface area contributed by atoms with Crippen LogP contribution >= 0.6 is 0 Å². The molecule has 4 heteroatoms. The number of carbonyl (C=O) groups is 2. The number of benzene rings is 1. The number of likely N-dealkylation sites (tertiary alicyclic amines) is 1. The zero-order chi connectivity index (χ0) is 13.0. The predicted octanol–water partition coefficient (Wildman–Crippen LogP) is 1.91. The second kappa shape index (κ2) is 5.67. The number of hydrogen-bond acceptors (Lipinski definition) is 3. The van der Waals surface area contributed by atoms with Crippen molar-refractivity contribution in [2.75, 3.05) is 13.1 Å². The van der Waals surface area contributed by atoms with Crippen LogP contribution in [0.25, 0.3) is 0 Å². The molecule has 1 aliphatic heterocycles. The predicted molar refractivity (Wildman–Crippen MR) is 66.8 cm³/mol. The van der Waals surface area contributed by atoms with Gasteiger partial charge in [-0.1, -0.05) is 30.3 Å². The summed E-state index contributed by atoms with van der Waals surface area (Å²) in [4.78, 5) is 25.2. The lowest BCUT2D eigenvalue weighted by atomic mass is 10.1. The van der Waals surface area contributed by atoms with Crippen LogP contribution in [0.1, 0.15) is 31.4 Å². The van der Waals surface area contributed by atoms with Gasteiger partial charge in [0.15, 0.2) is 0 Å². The molecule has 0 aromatic heterocycles. The lowest BCUT2D eigenvalue weighted by Crippen LogP contribution is -2.34. The van der Waals surface area contributed by atoms with Gasteiger partial charge in [-0.25, -0.2) is 0 Å². The maximum absolute atomic E-state index is 12.3. The molecule has 1 aliphatic rings. The summed E-state index contributed by atoms with van der Waals surface area (Å²) >= 11 is 0. The van der Waals surface area contributed by atoms with Gasteiger partial charge in [0.25, 0.3) is 5.91 Å². The monoisotopic (exact) mass is 247 g/mol. The van der Waals surface area contributed by atoms with Crippen LogP contribution in [-0.2, 0) is 14.3 Å². The summed E-state index contributed by atoms with van der Waals surface area (Å²) in [5, 5.41) is 0. The van der Waals surface area contributed by atoms with E-state index in [0.29, 0.717) is 0 Å². The zero-order valence-corrected chi connectivity index (χ0v) is 10.5. The van der Waals surface area contributed by atoms with Crippen LogP contribution in [-0.4, -0.2) is 29.9 Å². The SMILES string of the molecule is CC(=O)O[C@H](C(=O)N1CCCC1)c1ccccc1. The molecule has 18 heavy (non-hydrogen) atoms. The first-order chi connectivity index (χ1) is 8.68. The second-order valence-electron chi connectivity index (χ2n) is 4.43. The Morgan fingerprint density at radius 3 is 2.33 bits per heavy atom. The van der Waals surface area contributed by atoms with Crippen LogP contribution in [0.3, 0.4) is 0 Å². The fourth-order valence-electron chi connectivity index (χ4n) is 2.16. The summed E-state index contributed by atoms with van der Waals surface area (Å²) in [5.74, 6) is -0.551. The molecule has 1 saturated heterocycles. The van der Waals surface area contributed by atoms with E-state index >= 15 is 0 Å². The summed E-state index contributed by atoms with van der Waals surface area (Å²) in [6.07, 6.45) is 1.24. The van der Waals surface area contributed by atoms with Crippen molar-refractivity contribution in [3.05, 3.63) is 35.9 Å². The molecule has 0 spiro atoms. The van der Waals surface area contributed by atoms with Gasteiger partial charge in [0.05, 0.1) is 0 Å². The molecule has 0 bridgehead atoms. The minimum atomic E-state index is -0.804. The van der Waals surface area contributed by atoms with E-state index in [4.69, 9.17) is 4.74 Å². The minimum absolute atomic E-state index is 0.117. The van der Waals surface area contributed by atoms with Crippen molar-refractivity contribution >= 4 is 11.9 Å². The van der Waals surface area contributed by atoms with Gasteiger partial charge >= 0.3 is 5.97 Å². The van der Waals surface area contributed by atoms with Crippen molar-refractivity contribution in [2.45, 2.75) is 25.9 Å². The lowest BCUT2D eigenvalue weighted by Gasteiger charge is -2.23. The van der Waals surface area contributed by atoms with E-state index in [-0.39, 0.29) is 5.91 Å². The third kappa shape index (κ3) is 2.88. The van der Waals surface area contributed by atoms with Crippen molar-refractivity contribution in [3.63, 3.8) is 0 Å². The van der Waals surface area contributed by atoms with Crippen molar-refractivity contribution in [3.8, 4) is 0 Å². The molecule has 0 saturated carbocycles. The Hall–Kier alpha value is -1.84. The Morgan fingerprint density at radius 2 is 1.78 bits per heavy atom. The number of hydrogen-bond donors (Lipinski definition) is 0. The van der Waals surface area contributed by atoms with Crippen LogP contribution < -0.4 is 0 Å². The molecule has 1 heterocycles. The topological polar surface area (TPSA) is 46.6 Å². The summed E-state index contributed by atoms with van der Waals surface area (Å²) in [6, 6.07) is 9.16. The second-order valence-corrected chi connectivity index (χ2v) is 4.43. The quantitative estimate of drug-likeness (QED) is 0.766.